The molecular formula is C13H22N4O2. The zero-order valence-electron chi connectivity index (χ0n) is 11.6. The van der Waals surface area contributed by atoms with Crippen molar-refractivity contribution in [2.75, 3.05) is 25.0 Å². The Morgan fingerprint density at radius 1 is 1.63 bits per heavy atom. The number of aromatic nitrogens is 1. The lowest BCUT2D eigenvalue weighted by Gasteiger charge is -2.34. The Morgan fingerprint density at radius 2 is 2.42 bits per heavy atom. The van der Waals surface area contributed by atoms with E-state index >= 15 is 0 Å². The largest absolute Gasteiger partial charge is 0.360 e. The molecule has 19 heavy (non-hydrogen) atoms. The average Bonchev–Trinajstić information content (AvgIpc) is 2.71. The van der Waals surface area contributed by atoms with Crippen LogP contribution >= 0.6 is 0 Å². The lowest BCUT2D eigenvalue weighted by Crippen LogP contribution is -2.47. The predicted molar refractivity (Wildman–Crippen MR) is 72.7 cm³/mol. The summed E-state index contributed by atoms with van der Waals surface area (Å²) in [5, 5.41) is 6.46. The number of rotatable bonds is 4. The van der Waals surface area contributed by atoms with Crippen LogP contribution in [0.5, 0.6) is 0 Å². The normalized spacial score (nSPS) is 24.4. The number of nitrogens with two attached hydrogens (primary N) is 1. The van der Waals surface area contributed by atoms with Gasteiger partial charge in [-0.25, -0.2) is 0 Å². The molecule has 0 saturated carbocycles. The summed E-state index contributed by atoms with van der Waals surface area (Å²) in [5.41, 5.74) is 5.98. The molecule has 0 bridgehead atoms. The SMILES string of the molecule is Cc1cc(NC(=O)CCN2CC(C)CC(N)C2)no1. The van der Waals surface area contributed by atoms with Crippen LogP contribution in [0, 0.1) is 12.8 Å². The van der Waals surface area contributed by atoms with Gasteiger partial charge in [0.15, 0.2) is 5.82 Å². The molecule has 0 spiro atoms. The van der Waals surface area contributed by atoms with E-state index in [1.54, 1.807) is 13.0 Å². The third-order valence-corrected chi connectivity index (χ3v) is 3.32. The molecule has 106 valence electrons. The van der Waals surface area contributed by atoms with E-state index in [-0.39, 0.29) is 11.9 Å². The highest BCUT2D eigenvalue weighted by molar-refractivity contribution is 5.89. The van der Waals surface area contributed by atoms with Crippen molar-refractivity contribution < 1.29 is 9.32 Å². The number of nitrogens with one attached hydrogen (secondary N) is 1. The molecule has 6 heteroatoms. The number of likely N-dealkylation sites (tertiary alicyclic amines) is 1. The number of hydrogen-bond donors (Lipinski definition) is 2. The van der Waals surface area contributed by atoms with E-state index < -0.39 is 0 Å². The van der Waals surface area contributed by atoms with Gasteiger partial charge in [0.05, 0.1) is 0 Å². The van der Waals surface area contributed by atoms with Gasteiger partial charge in [0, 0.05) is 38.2 Å². The first-order valence-corrected chi connectivity index (χ1v) is 6.74. The maximum atomic E-state index is 11.8. The molecule has 2 heterocycles. The summed E-state index contributed by atoms with van der Waals surface area (Å²) in [6.45, 7) is 6.62. The summed E-state index contributed by atoms with van der Waals surface area (Å²) >= 11 is 0. The van der Waals surface area contributed by atoms with Crippen LogP contribution in [-0.4, -0.2) is 41.6 Å². The highest BCUT2D eigenvalue weighted by Gasteiger charge is 2.22. The van der Waals surface area contributed by atoms with E-state index in [1.807, 2.05) is 0 Å². The van der Waals surface area contributed by atoms with E-state index in [0.717, 1.165) is 26.1 Å². The number of amides is 1. The standard InChI is InChI=1S/C13H22N4O2/c1-9-5-11(14)8-17(7-9)4-3-13(18)15-12-6-10(2)19-16-12/h6,9,11H,3-5,7-8,14H2,1-2H3,(H,15,16,18). The maximum absolute atomic E-state index is 11.8. The van der Waals surface area contributed by atoms with Crippen LogP contribution in [0.1, 0.15) is 25.5 Å². The first-order chi connectivity index (χ1) is 9.02. The fraction of sp³-hybridized carbons (Fsp3) is 0.692. The van der Waals surface area contributed by atoms with Crippen LogP contribution in [0.2, 0.25) is 0 Å². The quantitative estimate of drug-likeness (QED) is 0.848. The van der Waals surface area contributed by atoms with Gasteiger partial charge in [-0.3, -0.25) is 4.79 Å². The lowest BCUT2D eigenvalue weighted by atomic mass is 9.96. The molecule has 6 nitrogen and oxygen atoms in total. The Balaban J connectivity index is 1.74. The Bertz CT molecular complexity index is 422. The van der Waals surface area contributed by atoms with Gasteiger partial charge >= 0.3 is 0 Å². The smallest absolute Gasteiger partial charge is 0.226 e. The van der Waals surface area contributed by atoms with Crippen molar-refractivity contribution in [3.05, 3.63) is 11.8 Å². The number of aryl methyl sites for hydroxylation is 1. The Hall–Kier alpha value is -1.40. The summed E-state index contributed by atoms with van der Waals surface area (Å²) < 4.78 is 4.90. The monoisotopic (exact) mass is 266 g/mol. The first kappa shape index (κ1) is 14.0. The molecule has 2 unspecified atom stereocenters. The highest BCUT2D eigenvalue weighted by Crippen LogP contribution is 2.15. The highest BCUT2D eigenvalue weighted by atomic mass is 16.5. The molecule has 0 aromatic carbocycles. The molecule has 2 rings (SSSR count). The van der Waals surface area contributed by atoms with Crippen molar-refractivity contribution in [1.82, 2.24) is 10.1 Å². The molecule has 1 aromatic heterocycles. The molecule has 0 radical (unpaired) electrons. The van der Waals surface area contributed by atoms with Gasteiger partial charge in [-0.05, 0) is 19.3 Å². The molecule has 1 aliphatic heterocycles. The minimum Gasteiger partial charge on any atom is -0.360 e. The molecule has 1 amide bonds. The van der Waals surface area contributed by atoms with Gasteiger partial charge in [0.2, 0.25) is 5.91 Å². The molecule has 1 fully saturated rings. The number of carbonyl (C=O) groups is 1. The van der Waals surface area contributed by atoms with Gasteiger partial charge < -0.3 is 20.5 Å². The van der Waals surface area contributed by atoms with Crippen LogP contribution in [-0.2, 0) is 4.79 Å². The fourth-order valence-electron chi connectivity index (χ4n) is 2.59. The molecule has 1 aliphatic rings. The topological polar surface area (TPSA) is 84.4 Å². The number of carbonyl (C=O) groups excluding carboxylic acids is 1. The second-order valence-electron chi connectivity index (χ2n) is 5.48. The average molecular weight is 266 g/mol. The minimum absolute atomic E-state index is 0.0416. The number of nitrogens with zero attached hydrogens (tertiary/aromatic N) is 2. The van der Waals surface area contributed by atoms with E-state index in [1.165, 1.54) is 0 Å². The molecular weight excluding hydrogens is 244 g/mol. The van der Waals surface area contributed by atoms with Gasteiger partial charge in [-0.2, -0.15) is 0 Å². The van der Waals surface area contributed by atoms with E-state index in [4.69, 9.17) is 10.3 Å². The van der Waals surface area contributed by atoms with Crippen LogP contribution in [0.4, 0.5) is 5.82 Å². The molecule has 1 saturated heterocycles. The van der Waals surface area contributed by atoms with Crippen LogP contribution < -0.4 is 11.1 Å². The molecule has 3 N–H and O–H groups in total. The number of hydrogen-bond acceptors (Lipinski definition) is 5. The van der Waals surface area contributed by atoms with Crippen LogP contribution in [0.15, 0.2) is 10.6 Å². The summed E-state index contributed by atoms with van der Waals surface area (Å²) in [6.07, 6.45) is 1.52. The maximum Gasteiger partial charge on any atom is 0.226 e. The zero-order chi connectivity index (χ0) is 13.8. The third kappa shape index (κ3) is 4.33. The van der Waals surface area contributed by atoms with Gasteiger partial charge in [-0.1, -0.05) is 12.1 Å². The predicted octanol–water partition coefficient (Wildman–Crippen LogP) is 0.981. The summed E-state index contributed by atoms with van der Waals surface area (Å²) in [4.78, 5) is 14.0. The summed E-state index contributed by atoms with van der Waals surface area (Å²) in [5.74, 6) is 1.72. The second kappa shape index (κ2) is 6.16. The van der Waals surface area contributed by atoms with Crippen molar-refractivity contribution >= 4 is 11.7 Å². The Kier molecular flexibility index (Phi) is 4.55. The zero-order valence-corrected chi connectivity index (χ0v) is 11.6. The van der Waals surface area contributed by atoms with Crippen molar-refractivity contribution in [2.45, 2.75) is 32.7 Å². The summed E-state index contributed by atoms with van der Waals surface area (Å²) in [7, 11) is 0. The number of anilines is 1. The first-order valence-electron chi connectivity index (χ1n) is 6.74. The minimum atomic E-state index is -0.0416. The molecule has 2 atom stereocenters. The van der Waals surface area contributed by atoms with Crippen molar-refractivity contribution in [1.29, 1.82) is 0 Å². The van der Waals surface area contributed by atoms with E-state index in [9.17, 15) is 4.79 Å². The van der Waals surface area contributed by atoms with E-state index in [0.29, 0.717) is 23.9 Å². The van der Waals surface area contributed by atoms with Gasteiger partial charge in [0.1, 0.15) is 5.76 Å². The van der Waals surface area contributed by atoms with Gasteiger partial charge in [-0.15, -0.1) is 0 Å². The molecule has 0 aliphatic carbocycles. The third-order valence-electron chi connectivity index (χ3n) is 3.32. The van der Waals surface area contributed by atoms with Gasteiger partial charge in [0.25, 0.3) is 0 Å². The summed E-state index contributed by atoms with van der Waals surface area (Å²) in [6, 6.07) is 1.93. The fourth-order valence-corrected chi connectivity index (χ4v) is 2.59. The van der Waals surface area contributed by atoms with E-state index in [2.05, 4.69) is 22.3 Å². The van der Waals surface area contributed by atoms with Crippen LogP contribution in [0.25, 0.3) is 0 Å². The van der Waals surface area contributed by atoms with Crippen molar-refractivity contribution in [3.63, 3.8) is 0 Å². The van der Waals surface area contributed by atoms with Crippen molar-refractivity contribution in [3.8, 4) is 0 Å². The second-order valence-corrected chi connectivity index (χ2v) is 5.48. The van der Waals surface area contributed by atoms with Crippen molar-refractivity contribution in [2.24, 2.45) is 11.7 Å². The van der Waals surface area contributed by atoms with Crippen LogP contribution in [0.3, 0.4) is 0 Å². The molecule has 1 aromatic rings. The Labute approximate surface area is 113 Å². The Morgan fingerprint density at radius 3 is 3.05 bits per heavy atom. The lowest BCUT2D eigenvalue weighted by molar-refractivity contribution is -0.116. The number of piperidine rings is 1.